The second-order valence-electron chi connectivity index (χ2n) is 7.39. The molecule has 3 aromatic carbocycles. The number of esters is 1. The number of carbonyl (C=O) groups excluding carboxylic acids is 1. The summed E-state index contributed by atoms with van der Waals surface area (Å²) in [6.45, 7) is 2.18. The second-order valence-corrected chi connectivity index (χ2v) is 9.69. The van der Waals surface area contributed by atoms with Gasteiger partial charge in [-0.15, -0.1) is 0 Å². The highest BCUT2D eigenvalue weighted by Gasteiger charge is 2.54. The topological polar surface area (TPSA) is 55.8 Å². The van der Waals surface area contributed by atoms with Gasteiger partial charge in [0.05, 0.1) is 24.1 Å². The SMILES string of the molecule is CCOC(=O)CN1C(c2ccccc2)(c2ccccc2)CCOP1(=O)c1ccccc1. The van der Waals surface area contributed by atoms with Crippen LogP contribution in [0.5, 0.6) is 0 Å². The van der Waals surface area contributed by atoms with Gasteiger partial charge < -0.3 is 9.26 Å². The lowest BCUT2D eigenvalue weighted by molar-refractivity contribution is -0.144. The summed E-state index contributed by atoms with van der Waals surface area (Å²) < 4.78 is 27.6. The maximum absolute atomic E-state index is 14.6. The number of ether oxygens (including phenoxy) is 1. The summed E-state index contributed by atoms with van der Waals surface area (Å²) in [4.78, 5) is 12.7. The maximum Gasteiger partial charge on any atom is 0.320 e. The molecule has 0 amide bonds. The molecule has 0 radical (unpaired) electrons. The minimum Gasteiger partial charge on any atom is -0.465 e. The zero-order valence-corrected chi connectivity index (χ0v) is 18.4. The first-order valence-electron chi connectivity index (χ1n) is 10.5. The van der Waals surface area contributed by atoms with E-state index in [1.165, 1.54) is 0 Å². The molecule has 0 saturated carbocycles. The predicted molar refractivity (Wildman–Crippen MR) is 121 cm³/mol. The average Bonchev–Trinajstić information content (AvgIpc) is 2.82. The molecule has 0 N–H and O–H groups in total. The van der Waals surface area contributed by atoms with Crippen LogP contribution in [0.2, 0.25) is 0 Å². The Bertz CT molecular complexity index is 1020. The van der Waals surface area contributed by atoms with Crippen molar-refractivity contribution in [3.8, 4) is 0 Å². The zero-order valence-electron chi connectivity index (χ0n) is 17.5. The van der Waals surface area contributed by atoms with E-state index in [-0.39, 0.29) is 13.2 Å². The molecular weight excluding hydrogens is 409 g/mol. The van der Waals surface area contributed by atoms with Crippen LogP contribution in [0.4, 0.5) is 0 Å². The van der Waals surface area contributed by atoms with E-state index >= 15 is 0 Å². The molecule has 31 heavy (non-hydrogen) atoms. The molecule has 5 nitrogen and oxygen atoms in total. The number of rotatable bonds is 6. The molecule has 1 aliphatic rings. The van der Waals surface area contributed by atoms with Gasteiger partial charge in [0.2, 0.25) is 0 Å². The molecule has 1 heterocycles. The Morgan fingerprint density at radius 1 is 0.935 bits per heavy atom. The molecule has 0 spiro atoms. The molecule has 3 aromatic rings. The fraction of sp³-hybridized carbons (Fsp3) is 0.240. The van der Waals surface area contributed by atoms with Gasteiger partial charge in [0.25, 0.3) is 0 Å². The summed E-state index contributed by atoms with van der Waals surface area (Å²) in [6, 6.07) is 29.0. The van der Waals surface area contributed by atoms with E-state index in [0.29, 0.717) is 18.3 Å². The van der Waals surface area contributed by atoms with E-state index in [9.17, 15) is 9.36 Å². The molecule has 6 heteroatoms. The standard InChI is InChI=1S/C25H26NO4P/c1-2-29-24(27)20-26-25(21-12-6-3-7-13-21,22-14-8-4-9-15-22)18-19-30-31(26,28)23-16-10-5-11-17-23/h3-17H,2,18-20H2,1H3. The minimum atomic E-state index is -3.57. The number of nitrogens with zero attached hydrogens (tertiary/aromatic N) is 1. The van der Waals surface area contributed by atoms with E-state index in [4.69, 9.17) is 9.26 Å². The molecule has 1 fully saturated rings. The summed E-state index contributed by atoms with van der Waals surface area (Å²) >= 11 is 0. The van der Waals surface area contributed by atoms with Crippen molar-refractivity contribution >= 4 is 18.8 Å². The normalized spacial score (nSPS) is 20.8. The van der Waals surface area contributed by atoms with Gasteiger partial charge in [-0.25, -0.2) is 4.67 Å². The first-order valence-corrected chi connectivity index (χ1v) is 12.0. The van der Waals surface area contributed by atoms with Gasteiger partial charge >= 0.3 is 13.5 Å². The predicted octanol–water partition coefficient (Wildman–Crippen LogP) is 4.73. The first kappa shape index (κ1) is 21.5. The van der Waals surface area contributed by atoms with Gasteiger partial charge in [0, 0.05) is 0 Å². The maximum atomic E-state index is 14.6. The highest BCUT2D eigenvalue weighted by Crippen LogP contribution is 2.61. The van der Waals surface area contributed by atoms with Crippen molar-refractivity contribution in [2.45, 2.75) is 18.9 Å². The summed E-state index contributed by atoms with van der Waals surface area (Å²) in [6.07, 6.45) is 0.553. The van der Waals surface area contributed by atoms with Crippen molar-refractivity contribution < 1.29 is 18.6 Å². The summed E-state index contributed by atoms with van der Waals surface area (Å²) in [5.41, 5.74) is 1.12. The van der Waals surface area contributed by atoms with Crippen molar-refractivity contribution in [2.24, 2.45) is 0 Å². The van der Waals surface area contributed by atoms with Crippen molar-refractivity contribution in [3.05, 3.63) is 102 Å². The molecule has 0 aromatic heterocycles. The lowest BCUT2D eigenvalue weighted by atomic mass is 9.80. The van der Waals surface area contributed by atoms with Gasteiger partial charge in [-0.3, -0.25) is 9.36 Å². The third-order valence-electron chi connectivity index (χ3n) is 5.66. The molecule has 1 unspecified atom stereocenters. The van der Waals surface area contributed by atoms with Crippen LogP contribution < -0.4 is 5.30 Å². The molecule has 1 saturated heterocycles. The van der Waals surface area contributed by atoms with Crippen LogP contribution in [-0.2, 0) is 24.2 Å². The van der Waals surface area contributed by atoms with Gasteiger partial charge in [-0.05, 0) is 36.6 Å². The fourth-order valence-electron chi connectivity index (χ4n) is 4.31. The minimum absolute atomic E-state index is 0.149. The molecule has 1 atom stereocenters. The summed E-state index contributed by atoms with van der Waals surface area (Å²) in [7, 11) is -3.57. The lowest BCUT2D eigenvalue weighted by Crippen LogP contribution is -2.52. The van der Waals surface area contributed by atoms with E-state index < -0.39 is 19.0 Å². The van der Waals surface area contributed by atoms with Crippen molar-refractivity contribution in [2.75, 3.05) is 19.8 Å². The summed E-state index contributed by atoms with van der Waals surface area (Å²) in [5, 5.41) is 0.565. The monoisotopic (exact) mass is 435 g/mol. The Labute approximate surface area is 183 Å². The second kappa shape index (κ2) is 9.19. The third kappa shape index (κ3) is 3.97. The molecule has 1 aliphatic heterocycles. The Kier molecular flexibility index (Phi) is 6.38. The Balaban J connectivity index is 1.97. The van der Waals surface area contributed by atoms with Gasteiger partial charge in [-0.1, -0.05) is 78.9 Å². The van der Waals surface area contributed by atoms with E-state index in [0.717, 1.165) is 11.1 Å². The van der Waals surface area contributed by atoms with Crippen LogP contribution in [0.3, 0.4) is 0 Å². The van der Waals surface area contributed by atoms with Crippen LogP contribution in [0.25, 0.3) is 0 Å². The summed E-state index contributed by atoms with van der Waals surface area (Å²) in [5.74, 6) is -0.430. The molecule has 160 valence electrons. The van der Waals surface area contributed by atoms with Crippen molar-refractivity contribution in [3.63, 3.8) is 0 Å². The van der Waals surface area contributed by atoms with Crippen molar-refractivity contribution in [1.29, 1.82) is 0 Å². The molecular formula is C25H26NO4P. The van der Waals surface area contributed by atoms with Crippen LogP contribution in [0, 0.1) is 0 Å². The zero-order chi connectivity index (χ0) is 21.7. The molecule has 0 aliphatic carbocycles. The quantitative estimate of drug-likeness (QED) is 0.414. The Hall–Kier alpha value is -2.72. The fourth-order valence-corrected chi connectivity index (χ4v) is 6.85. The van der Waals surface area contributed by atoms with E-state index in [2.05, 4.69) is 0 Å². The number of benzene rings is 3. The van der Waals surface area contributed by atoms with Crippen LogP contribution in [0.1, 0.15) is 24.5 Å². The number of hydrogen-bond acceptors (Lipinski definition) is 4. The highest BCUT2D eigenvalue weighted by atomic mass is 31.2. The molecule has 4 rings (SSSR count). The Morgan fingerprint density at radius 3 is 1.97 bits per heavy atom. The van der Waals surface area contributed by atoms with Crippen LogP contribution >= 0.6 is 7.52 Å². The average molecular weight is 435 g/mol. The van der Waals surface area contributed by atoms with Crippen LogP contribution in [-0.4, -0.2) is 30.4 Å². The van der Waals surface area contributed by atoms with Gasteiger partial charge in [-0.2, -0.15) is 0 Å². The largest absolute Gasteiger partial charge is 0.465 e. The Morgan fingerprint density at radius 2 is 1.45 bits per heavy atom. The third-order valence-corrected chi connectivity index (χ3v) is 8.26. The first-order chi connectivity index (χ1) is 15.1. The van der Waals surface area contributed by atoms with E-state index in [1.807, 2.05) is 78.9 Å². The number of hydrogen-bond donors (Lipinski definition) is 0. The smallest absolute Gasteiger partial charge is 0.320 e. The number of carbonyl (C=O) groups is 1. The van der Waals surface area contributed by atoms with Gasteiger partial charge in [0.15, 0.2) is 0 Å². The van der Waals surface area contributed by atoms with Crippen molar-refractivity contribution in [1.82, 2.24) is 4.67 Å². The highest BCUT2D eigenvalue weighted by molar-refractivity contribution is 7.64. The lowest BCUT2D eigenvalue weighted by Gasteiger charge is -2.50. The molecule has 0 bridgehead atoms. The van der Waals surface area contributed by atoms with Gasteiger partial charge in [0.1, 0.15) is 6.54 Å². The van der Waals surface area contributed by atoms with E-state index in [1.54, 1.807) is 23.7 Å². The van der Waals surface area contributed by atoms with Crippen LogP contribution in [0.15, 0.2) is 91.0 Å².